The highest BCUT2D eigenvalue weighted by atomic mass is 16.5. The second-order valence-corrected chi connectivity index (χ2v) is 5.10. The second-order valence-electron chi connectivity index (χ2n) is 5.10. The van der Waals surface area contributed by atoms with E-state index in [0.29, 0.717) is 0 Å². The molecule has 0 aliphatic rings. The number of nitrogens with zero attached hydrogens (tertiary/aromatic N) is 2. The largest absolute Gasteiger partial charge is 0.872 e. The van der Waals surface area contributed by atoms with Crippen LogP contribution in [0.3, 0.4) is 0 Å². The minimum absolute atomic E-state index is 0.0885. The Balaban J connectivity index is 3.00. The van der Waals surface area contributed by atoms with Crippen LogP contribution in [0.1, 0.15) is 19.4 Å². The number of hydrogen-bond acceptors (Lipinski definition) is 6. The van der Waals surface area contributed by atoms with E-state index < -0.39 is 29.9 Å². The van der Waals surface area contributed by atoms with Crippen LogP contribution >= 0.6 is 0 Å². The minimum Gasteiger partial charge on any atom is -0.872 e. The van der Waals surface area contributed by atoms with E-state index in [1.807, 2.05) is 0 Å². The summed E-state index contributed by atoms with van der Waals surface area (Å²) in [5.74, 6) is -2.08. The Bertz CT molecular complexity index is 683. The molecule has 1 aromatic carbocycles. The number of esters is 1. The van der Waals surface area contributed by atoms with Crippen molar-refractivity contribution in [1.82, 2.24) is 10.6 Å². The van der Waals surface area contributed by atoms with Gasteiger partial charge in [0.15, 0.2) is 4.98 Å². The molecular weight excluding hydrogens is 316 g/mol. The van der Waals surface area contributed by atoms with E-state index in [-0.39, 0.29) is 23.4 Å². The summed E-state index contributed by atoms with van der Waals surface area (Å²) in [7, 11) is 1.19. The molecule has 0 saturated carbocycles. The van der Waals surface area contributed by atoms with Crippen molar-refractivity contribution < 1.29 is 24.2 Å². The van der Waals surface area contributed by atoms with Gasteiger partial charge in [0.2, 0.25) is 17.2 Å². The molecule has 2 atom stereocenters. The topological polar surface area (TPSA) is 136 Å². The summed E-state index contributed by atoms with van der Waals surface area (Å²) in [5.41, 5.74) is 0.392. The van der Waals surface area contributed by atoms with Crippen LogP contribution in [0.5, 0.6) is 5.75 Å². The van der Waals surface area contributed by atoms with Crippen molar-refractivity contribution in [2.24, 2.45) is 0 Å². The number of benzene rings is 1. The van der Waals surface area contributed by atoms with E-state index in [4.69, 9.17) is 5.39 Å². The van der Waals surface area contributed by atoms with E-state index in [1.54, 1.807) is 0 Å². The molecule has 1 rings (SSSR count). The fourth-order valence-corrected chi connectivity index (χ4v) is 2.05. The number of ether oxygens (including phenoxy) is 1. The SMILES string of the molecule is COC(=O)[C@H](C)NC(=O)[C@H](Cc1cc([O-])ccc1[N+]#N)NC(C)=O. The van der Waals surface area contributed by atoms with Crippen LogP contribution < -0.4 is 15.7 Å². The minimum atomic E-state index is -1.06. The average Bonchev–Trinajstić information content (AvgIpc) is 2.53. The van der Waals surface area contributed by atoms with E-state index in [0.717, 1.165) is 0 Å². The zero-order chi connectivity index (χ0) is 18.3. The van der Waals surface area contributed by atoms with Crippen LogP contribution in [0.25, 0.3) is 4.98 Å². The number of carbonyl (C=O) groups is 3. The number of amides is 2. The second kappa shape index (κ2) is 8.47. The van der Waals surface area contributed by atoms with Crippen molar-refractivity contribution in [2.75, 3.05) is 7.11 Å². The summed E-state index contributed by atoms with van der Waals surface area (Å²) in [6.45, 7) is 2.66. The van der Waals surface area contributed by atoms with Gasteiger partial charge in [0.05, 0.1) is 7.11 Å². The molecule has 0 unspecified atom stereocenters. The molecule has 0 spiro atoms. The summed E-state index contributed by atoms with van der Waals surface area (Å²) < 4.78 is 4.51. The molecule has 0 aromatic heterocycles. The Morgan fingerprint density at radius 2 is 2.00 bits per heavy atom. The quantitative estimate of drug-likeness (QED) is 0.554. The van der Waals surface area contributed by atoms with Gasteiger partial charge < -0.3 is 20.5 Å². The van der Waals surface area contributed by atoms with Crippen LogP contribution in [0, 0.1) is 5.39 Å². The van der Waals surface area contributed by atoms with Crippen LogP contribution in [0.15, 0.2) is 18.2 Å². The lowest BCUT2D eigenvalue weighted by molar-refractivity contribution is -0.268. The van der Waals surface area contributed by atoms with Crippen molar-refractivity contribution in [3.05, 3.63) is 28.7 Å². The third-order valence-electron chi connectivity index (χ3n) is 3.19. The first-order valence-electron chi connectivity index (χ1n) is 7.08. The van der Waals surface area contributed by atoms with Crippen LogP contribution in [-0.4, -0.2) is 37.0 Å². The van der Waals surface area contributed by atoms with Gasteiger partial charge in [-0.3, -0.25) is 9.59 Å². The Hall–Kier alpha value is -3.15. The first-order valence-corrected chi connectivity index (χ1v) is 7.08. The van der Waals surface area contributed by atoms with E-state index in [2.05, 4.69) is 20.3 Å². The van der Waals surface area contributed by atoms with Crippen molar-refractivity contribution in [2.45, 2.75) is 32.4 Å². The van der Waals surface area contributed by atoms with Gasteiger partial charge in [0.25, 0.3) is 0 Å². The molecule has 9 nitrogen and oxygen atoms in total. The van der Waals surface area contributed by atoms with Crippen molar-refractivity contribution in [3.8, 4) is 5.75 Å². The van der Waals surface area contributed by atoms with Gasteiger partial charge in [-0.1, -0.05) is 12.1 Å². The first kappa shape index (κ1) is 18.9. The van der Waals surface area contributed by atoms with Gasteiger partial charge >= 0.3 is 11.7 Å². The van der Waals surface area contributed by atoms with Gasteiger partial charge in [-0.05, 0) is 6.92 Å². The summed E-state index contributed by atoms with van der Waals surface area (Å²) in [5, 5.41) is 25.3. The molecule has 0 aliphatic heterocycles. The Morgan fingerprint density at radius 1 is 1.33 bits per heavy atom. The summed E-state index contributed by atoms with van der Waals surface area (Å²) in [4.78, 5) is 38.1. The van der Waals surface area contributed by atoms with Crippen molar-refractivity contribution >= 4 is 23.5 Å². The molecule has 2 N–H and O–H groups in total. The Morgan fingerprint density at radius 3 is 2.54 bits per heavy atom. The molecule has 128 valence electrons. The molecule has 0 bridgehead atoms. The predicted octanol–water partition coefficient (Wildman–Crippen LogP) is -0.0303. The van der Waals surface area contributed by atoms with Gasteiger partial charge in [0, 0.05) is 25.0 Å². The predicted molar refractivity (Wildman–Crippen MR) is 81.6 cm³/mol. The molecule has 1 aromatic rings. The van der Waals surface area contributed by atoms with Crippen LogP contribution in [-0.2, 0) is 25.5 Å². The molecule has 2 amide bonds. The monoisotopic (exact) mass is 334 g/mol. The number of nitrogens with one attached hydrogen (secondary N) is 2. The fraction of sp³-hybridized carbons (Fsp3) is 0.400. The molecule has 0 saturated heterocycles. The maximum Gasteiger partial charge on any atom is 0.388 e. The van der Waals surface area contributed by atoms with Crippen LogP contribution in [0.4, 0.5) is 5.69 Å². The van der Waals surface area contributed by atoms with Crippen molar-refractivity contribution in [3.63, 3.8) is 0 Å². The fourth-order valence-electron chi connectivity index (χ4n) is 2.05. The van der Waals surface area contributed by atoms with Gasteiger partial charge in [0.1, 0.15) is 12.1 Å². The Labute approximate surface area is 138 Å². The van der Waals surface area contributed by atoms with Gasteiger partial charge in [-0.15, -0.1) is 5.75 Å². The third-order valence-corrected chi connectivity index (χ3v) is 3.19. The van der Waals surface area contributed by atoms with E-state index in [1.165, 1.54) is 39.2 Å². The summed E-state index contributed by atoms with van der Waals surface area (Å²) in [6.07, 6.45) is -0.0885. The maximum atomic E-state index is 12.3. The molecule has 0 fully saturated rings. The smallest absolute Gasteiger partial charge is 0.388 e. The summed E-state index contributed by atoms with van der Waals surface area (Å²) in [6, 6.07) is 1.76. The lowest BCUT2D eigenvalue weighted by Crippen LogP contribution is -2.51. The lowest BCUT2D eigenvalue weighted by atomic mass is 10.0. The molecule has 0 radical (unpaired) electrons. The highest BCUT2D eigenvalue weighted by molar-refractivity contribution is 5.90. The first-order chi connectivity index (χ1) is 11.3. The molecular formula is C15H18N4O5. The number of methoxy groups -OCH3 is 1. The number of diazo groups is 1. The zero-order valence-corrected chi connectivity index (χ0v) is 13.5. The average molecular weight is 334 g/mol. The van der Waals surface area contributed by atoms with Gasteiger partial charge in [-0.2, -0.15) is 0 Å². The molecule has 0 aliphatic carbocycles. The normalized spacial score (nSPS) is 12.4. The van der Waals surface area contributed by atoms with Crippen molar-refractivity contribution in [1.29, 1.82) is 5.39 Å². The third kappa shape index (κ3) is 5.24. The van der Waals surface area contributed by atoms with E-state index >= 15 is 0 Å². The Kier molecular flexibility index (Phi) is 6.67. The maximum absolute atomic E-state index is 12.3. The van der Waals surface area contributed by atoms with Crippen LogP contribution in [0.2, 0.25) is 0 Å². The highest BCUT2D eigenvalue weighted by Crippen LogP contribution is 2.24. The number of hydrogen-bond donors (Lipinski definition) is 2. The van der Waals surface area contributed by atoms with Gasteiger partial charge in [-0.25, -0.2) is 4.79 Å². The number of carbonyl (C=O) groups excluding carboxylic acids is 3. The standard InChI is InChI=1S/C15H18N4O5/c1-8(15(23)24-3)17-14(22)13(18-9(2)20)7-10-6-11(21)4-5-12(10)19-16/h4-6,8,13H,7H2,1-3H3,(H2-,17,18,20,21,22)/t8-,13-/m0/s1. The zero-order valence-electron chi connectivity index (χ0n) is 13.5. The molecule has 9 heteroatoms. The van der Waals surface area contributed by atoms with E-state index in [9.17, 15) is 19.5 Å². The number of rotatable bonds is 6. The highest BCUT2D eigenvalue weighted by Gasteiger charge is 2.27. The lowest BCUT2D eigenvalue weighted by Gasteiger charge is -2.20. The molecule has 24 heavy (non-hydrogen) atoms. The molecule has 0 heterocycles. The summed E-state index contributed by atoms with van der Waals surface area (Å²) >= 11 is 0.